The third-order valence-electron chi connectivity index (χ3n) is 5.02. The number of imidazole rings is 1. The molecule has 0 spiro atoms. The number of aromatic nitrogens is 2. The zero-order chi connectivity index (χ0) is 17.5. The fraction of sp³-hybridized carbons (Fsp3) is 0.136. The van der Waals surface area contributed by atoms with Crippen molar-refractivity contribution in [2.24, 2.45) is 0 Å². The Morgan fingerprint density at radius 1 is 0.962 bits per heavy atom. The van der Waals surface area contributed by atoms with Crippen molar-refractivity contribution < 1.29 is 9.47 Å². The SMILES string of the molecule is [O-][n+]1c2n(c3cc(OCc4ccccc4)ccc31)CCc1ccccc1-2. The Morgan fingerprint density at radius 3 is 2.65 bits per heavy atom. The summed E-state index contributed by atoms with van der Waals surface area (Å²) in [6.45, 7) is 1.32. The van der Waals surface area contributed by atoms with Crippen LogP contribution in [-0.4, -0.2) is 4.57 Å². The van der Waals surface area contributed by atoms with Gasteiger partial charge in [-0.15, -0.1) is 0 Å². The molecule has 0 saturated carbocycles. The van der Waals surface area contributed by atoms with Gasteiger partial charge in [-0.25, -0.2) is 9.30 Å². The number of aryl methyl sites for hydroxylation is 2. The molecule has 5 rings (SSSR count). The van der Waals surface area contributed by atoms with E-state index in [-0.39, 0.29) is 0 Å². The van der Waals surface area contributed by atoms with Crippen molar-refractivity contribution in [3.05, 3.63) is 89.1 Å². The summed E-state index contributed by atoms with van der Waals surface area (Å²) >= 11 is 0. The molecule has 0 N–H and O–H groups in total. The van der Waals surface area contributed by atoms with Crippen molar-refractivity contribution in [1.82, 2.24) is 4.57 Å². The highest BCUT2D eigenvalue weighted by Gasteiger charge is 2.28. The van der Waals surface area contributed by atoms with Gasteiger partial charge in [0.1, 0.15) is 12.4 Å². The predicted octanol–water partition coefficient (Wildman–Crippen LogP) is 4.08. The van der Waals surface area contributed by atoms with E-state index in [1.165, 1.54) is 5.56 Å². The Bertz CT molecular complexity index is 1100. The van der Waals surface area contributed by atoms with Crippen molar-refractivity contribution in [1.29, 1.82) is 0 Å². The lowest BCUT2D eigenvalue weighted by Crippen LogP contribution is -2.30. The quantitative estimate of drug-likeness (QED) is 0.416. The van der Waals surface area contributed by atoms with E-state index in [2.05, 4.69) is 10.6 Å². The van der Waals surface area contributed by atoms with E-state index in [0.717, 1.165) is 45.9 Å². The largest absolute Gasteiger partial charge is 0.710 e. The van der Waals surface area contributed by atoms with Gasteiger partial charge >= 0.3 is 0 Å². The first-order valence-electron chi connectivity index (χ1n) is 8.82. The Labute approximate surface area is 151 Å². The van der Waals surface area contributed by atoms with E-state index in [1.54, 1.807) is 0 Å². The molecule has 0 bridgehead atoms. The molecule has 2 heterocycles. The Morgan fingerprint density at radius 2 is 1.77 bits per heavy atom. The molecular formula is C22H18N2O2. The summed E-state index contributed by atoms with van der Waals surface area (Å²) in [5.74, 6) is 1.50. The average molecular weight is 342 g/mol. The molecule has 0 amide bonds. The lowest BCUT2D eigenvalue weighted by molar-refractivity contribution is -0.565. The number of hydrogen-bond donors (Lipinski definition) is 0. The molecule has 0 atom stereocenters. The van der Waals surface area contributed by atoms with Gasteiger partial charge in [0.15, 0.2) is 11.0 Å². The second-order valence-corrected chi connectivity index (χ2v) is 6.60. The highest BCUT2D eigenvalue weighted by atomic mass is 16.5. The van der Waals surface area contributed by atoms with Crippen LogP contribution >= 0.6 is 0 Å². The van der Waals surface area contributed by atoms with Crippen LogP contribution in [0.2, 0.25) is 0 Å². The molecule has 26 heavy (non-hydrogen) atoms. The maximum Gasteiger partial charge on any atom is 0.293 e. The minimum atomic E-state index is 0.514. The van der Waals surface area contributed by atoms with Gasteiger partial charge in [-0.05, 0) is 29.3 Å². The molecule has 0 unspecified atom stereocenters. The van der Waals surface area contributed by atoms with Gasteiger partial charge < -0.3 is 9.94 Å². The van der Waals surface area contributed by atoms with E-state index in [0.29, 0.717) is 12.1 Å². The molecule has 4 aromatic rings. The number of benzene rings is 3. The van der Waals surface area contributed by atoms with Crippen LogP contribution in [-0.2, 0) is 19.6 Å². The molecule has 1 aliphatic heterocycles. The molecule has 0 radical (unpaired) electrons. The third-order valence-corrected chi connectivity index (χ3v) is 5.02. The predicted molar refractivity (Wildman–Crippen MR) is 101 cm³/mol. The lowest BCUT2D eigenvalue weighted by atomic mass is 10.0. The van der Waals surface area contributed by atoms with E-state index in [4.69, 9.17) is 4.74 Å². The molecule has 3 aromatic carbocycles. The number of nitrogens with zero attached hydrogens (tertiary/aromatic N) is 2. The summed E-state index contributed by atoms with van der Waals surface area (Å²) < 4.78 is 9.11. The van der Waals surface area contributed by atoms with Gasteiger partial charge in [0.25, 0.3) is 5.82 Å². The molecule has 0 saturated heterocycles. The molecule has 0 fully saturated rings. The summed E-state index contributed by atoms with van der Waals surface area (Å²) in [5.41, 5.74) is 4.99. The van der Waals surface area contributed by atoms with E-state index in [1.807, 2.05) is 66.7 Å². The normalized spacial score (nSPS) is 12.6. The second-order valence-electron chi connectivity index (χ2n) is 6.60. The van der Waals surface area contributed by atoms with Crippen molar-refractivity contribution >= 4 is 11.0 Å². The molecule has 1 aromatic heterocycles. The fourth-order valence-electron chi connectivity index (χ4n) is 3.73. The van der Waals surface area contributed by atoms with Crippen LogP contribution in [0.3, 0.4) is 0 Å². The molecule has 0 aliphatic carbocycles. The van der Waals surface area contributed by atoms with Crippen molar-refractivity contribution in [2.45, 2.75) is 19.6 Å². The number of hydrogen-bond acceptors (Lipinski definition) is 2. The maximum atomic E-state index is 12.9. The first-order valence-corrected chi connectivity index (χ1v) is 8.82. The van der Waals surface area contributed by atoms with Crippen LogP contribution < -0.4 is 9.47 Å². The number of ether oxygens (including phenoxy) is 1. The first kappa shape index (κ1) is 15.0. The summed E-state index contributed by atoms with van der Waals surface area (Å²) in [5, 5.41) is 12.9. The minimum Gasteiger partial charge on any atom is -0.710 e. The highest BCUT2D eigenvalue weighted by molar-refractivity contribution is 5.79. The van der Waals surface area contributed by atoms with Gasteiger partial charge in [-0.1, -0.05) is 48.5 Å². The van der Waals surface area contributed by atoms with Crippen LogP contribution in [0, 0.1) is 5.21 Å². The smallest absolute Gasteiger partial charge is 0.293 e. The summed E-state index contributed by atoms with van der Waals surface area (Å²) in [7, 11) is 0. The third kappa shape index (κ3) is 2.34. The summed E-state index contributed by atoms with van der Waals surface area (Å²) in [6.07, 6.45) is 0.933. The highest BCUT2D eigenvalue weighted by Crippen LogP contribution is 2.32. The van der Waals surface area contributed by atoms with Crippen LogP contribution in [0.25, 0.3) is 22.4 Å². The number of fused-ring (bicyclic) bond motifs is 5. The Hall–Kier alpha value is -3.27. The standard InChI is InChI=1S/C22H18N2O2/c25-24-20-11-10-18(26-15-16-6-2-1-3-7-16)14-21(20)23-13-12-17-8-4-5-9-19(17)22(23)24/h1-11,14H,12-13,15H2. The van der Waals surface area contributed by atoms with Crippen LogP contribution in [0.5, 0.6) is 5.75 Å². The summed E-state index contributed by atoms with van der Waals surface area (Å²) in [4.78, 5) is 0. The van der Waals surface area contributed by atoms with Gasteiger partial charge in [-0.3, -0.25) is 0 Å². The summed E-state index contributed by atoms with van der Waals surface area (Å²) in [6, 6.07) is 23.9. The van der Waals surface area contributed by atoms with E-state index < -0.39 is 0 Å². The van der Waals surface area contributed by atoms with Gasteiger partial charge in [0.2, 0.25) is 0 Å². The first-order chi connectivity index (χ1) is 12.8. The molecule has 4 nitrogen and oxygen atoms in total. The zero-order valence-corrected chi connectivity index (χ0v) is 14.3. The van der Waals surface area contributed by atoms with Gasteiger partial charge in [0.05, 0.1) is 12.1 Å². The van der Waals surface area contributed by atoms with Gasteiger partial charge in [0, 0.05) is 12.5 Å². The topological polar surface area (TPSA) is 41.1 Å². The van der Waals surface area contributed by atoms with Crippen molar-refractivity contribution in [3.63, 3.8) is 0 Å². The van der Waals surface area contributed by atoms with Crippen molar-refractivity contribution in [2.75, 3.05) is 0 Å². The average Bonchev–Trinajstić information content (AvgIpc) is 2.99. The van der Waals surface area contributed by atoms with E-state index in [9.17, 15) is 5.21 Å². The molecule has 4 heteroatoms. The van der Waals surface area contributed by atoms with E-state index >= 15 is 0 Å². The lowest BCUT2D eigenvalue weighted by Gasteiger charge is -2.15. The molecular weight excluding hydrogens is 324 g/mol. The van der Waals surface area contributed by atoms with Gasteiger partial charge in [-0.2, -0.15) is 0 Å². The molecule has 1 aliphatic rings. The van der Waals surface area contributed by atoms with Crippen LogP contribution in [0.1, 0.15) is 11.1 Å². The zero-order valence-electron chi connectivity index (χ0n) is 14.3. The Kier molecular flexibility index (Phi) is 3.42. The molecule has 128 valence electrons. The fourth-order valence-corrected chi connectivity index (χ4v) is 3.73. The number of rotatable bonds is 3. The monoisotopic (exact) mass is 342 g/mol. The maximum absolute atomic E-state index is 12.9. The second kappa shape index (κ2) is 5.92. The minimum absolute atomic E-state index is 0.514. The van der Waals surface area contributed by atoms with Crippen LogP contribution in [0.4, 0.5) is 0 Å². The van der Waals surface area contributed by atoms with Crippen molar-refractivity contribution in [3.8, 4) is 17.1 Å². The van der Waals surface area contributed by atoms with Crippen LogP contribution in [0.15, 0.2) is 72.8 Å². The Balaban J connectivity index is 1.56.